The third-order valence-electron chi connectivity index (χ3n) is 5.68. The molecule has 0 aromatic heterocycles. The van der Waals surface area contributed by atoms with Crippen LogP contribution in [0.25, 0.3) is 0 Å². The van der Waals surface area contributed by atoms with Crippen LogP contribution in [0.1, 0.15) is 41.5 Å². The number of carbonyl (C=O) groups is 1. The minimum Gasteiger partial charge on any atom is -0.466 e. The van der Waals surface area contributed by atoms with Crippen LogP contribution in [0.4, 0.5) is 0 Å². The van der Waals surface area contributed by atoms with E-state index in [0.29, 0.717) is 19.8 Å². The first-order valence-corrected chi connectivity index (χ1v) is 9.74. The number of ether oxygens (including phenoxy) is 7. The smallest absolute Gasteiger partial charge is 0.314 e. The Bertz CT molecular complexity index is 605. The van der Waals surface area contributed by atoms with Gasteiger partial charge in [0.05, 0.1) is 19.8 Å². The van der Waals surface area contributed by atoms with Gasteiger partial charge >= 0.3 is 5.97 Å². The second-order valence-electron chi connectivity index (χ2n) is 8.71. The second kappa shape index (κ2) is 6.37. The molecule has 4 aliphatic heterocycles. The maximum atomic E-state index is 12.8. The molecule has 0 amide bonds. The van der Waals surface area contributed by atoms with Crippen LogP contribution in [0.5, 0.6) is 0 Å². The summed E-state index contributed by atoms with van der Waals surface area (Å²) in [5, 5.41) is 0. The van der Waals surface area contributed by atoms with Gasteiger partial charge in [-0.2, -0.15) is 0 Å². The second-order valence-corrected chi connectivity index (χ2v) is 8.71. The minimum atomic E-state index is -1.25. The predicted octanol–water partition coefficient (Wildman–Crippen LogP) is 1.60. The van der Waals surface area contributed by atoms with Crippen LogP contribution in [0.2, 0.25) is 0 Å². The van der Waals surface area contributed by atoms with Crippen LogP contribution in [0.15, 0.2) is 0 Å². The maximum Gasteiger partial charge on any atom is 0.314 e. The molecule has 0 aromatic carbocycles. The number of esters is 1. The van der Waals surface area contributed by atoms with Crippen molar-refractivity contribution in [3.05, 3.63) is 0 Å². The number of hydrogen-bond acceptors (Lipinski definition) is 8. The van der Waals surface area contributed by atoms with Crippen molar-refractivity contribution in [2.45, 2.75) is 83.3 Å². The lowest BCUT2D eigenvalue weighted by Crippen LogP contribution is -2.51. The van der Waals surface area contributed by atoms with Gasteiger partial charge in [-0.3, -0.25) is 4.79 Å². The summed E-state index contributed by atoms with van der Waals surface area (Å²) >= 11 is 0. The van der Waals surface area contributed by atoms with Gasteiger partial charge in [0.25, 0.3) is 0 Å². The minimum absolute atomic E-state index is 0.0621. The summed E-state index contributed by atoms with van der Waals surface area (Å²) in [5.74, 6) is -3.74. The molecule has 8 nitrogen and oxygen atoms in total. The molecule has 154 valence electrons. The van der Waals surface area contributed by atoms with Gasteiger partial charge in [0.15, 0.2) is 11.6 Å². The van der Waals surface area contributed by atoms with Crippen LogP contribution < -0.4 is 0 Å². The highest BCUT2D eigenvalue weighted by molar-refractivity contribution is 5.74. The summed E-state index contributed by atoms with van der Waals surface area (Å²) in [5.41, 5.74) is 0. The van der Waals surface area contributed by atoms with Crippen molar-refractivity contribution in [1.29, 1.82) is 0 Å². The summed E-state index contributed by atoms with van der Waals surface area (Å²) < 4.78 is 42.0. The molecule has 0 aromatic rings. The Kier molecular flexibility index (Phi) is 4.61. The van der Waals surface area contributed by atoms with Crippen LogP contribution in [-0.4, -0.2) is 67.6 Å². The Morgan fingerprint density at radius 1 is 0.963 bits per heavy atom. The molecule has 0 bridgehead atoms. The van der Waals surface area contributed by atoms with E-state index in [9.17, 15) is 4.79 Å². The van der Waals surface area contributed by atoms with Gasteiger partial charge in [0, 0.05) is 0 Å². The molecule has 4 heterocycles. The average Bonchev–Trinajstić information content (AvgIpc) is 3.24. The molecule has 0 aliphatic carbocycles. The SMILES string of the molecule is CCOC(=O)[C@@H]1[C@@H](C)CO[C@@]12O[C@H]([C@H]1COC(C)(C)O1)[C@@H]1OC(C)(C)O[C@@H]12. The normalized spacial score (nSPS) is 47.5. The molecule has 0 N–H and O–H groups in total. The lowest BCUT2D eigenvalue weighted by molar-refractivity contribution is -0.299. The van der Waals surface area contributed by atoms with Crippen molar-refractivity contribution in [1.82, 2.24) is 0 Å². The molecule has 0 unspecified atom stereocenters. The lowest BCUT2D eigenvalue weighted by Gasteiger charge is -2.35. The zero-order chi connectivity index (χ0) is 19.6. The summed E-state index contributed by atoms with van der Waals surface area (Å²) in [7, 11) is 0. The summed E-state index contributed by atoms with van der Waals surface area (Å²) in [6.07, 6.45) is -1.79. The summed E-state index contributed by atoms with van der Waals surface area (Å²) in [6.45, 7) is 12.2. The van der Waals surface area contributed by atoms with Crippen molar-refractivity contribution in [2.24, 2.45) is 11.8 Å². The number of hydrogen-bond donors (Lipinski definition) is 0. The molecular formula is C19H30O8. The van der Waals surface area contributed by atoms with E-state index in [-0.39, 0.29) is 18.0 Å². The van der Waals surface area contributed by atoms with Gasteiger partial charge in [-0.1, -0.05) is 6.92 Å². The fourth-order valence-electron chi connectivity index (χ4n) is 4.69. The molecule has 0 saturated carbocycles. The van der Waals surface area contributed by atoms with E-state index in [1.165, 1.54) is 0 Å². The first-order chi connectivity index (χ1) is 12.6. The summed E-state index contributed by atoms with van der Waals surface area (Å²) in [4.78, 5) is 12.8. The standard InChI is InChI=1S/C19H30O8/c1-7-21-16(20)12-10(2)8-23-19(12)15-14(25-18(5,6)27-15)13(26-19)11-9-22-17(3,4)24-11/h10-15H,7-9H2,1-6H3/t10-,11+,12-,13+,14-,15-,19+/m0/s1. The van der Waals surface area contributed by atoms with E-state index < -0.39 is 41.6 Å². The highest BCUT2D eigenvalue weighted by Crippen LogP contribution is 2.54. The van der Waals surface area contributed by atoms with E-state index in [1.54, 1.807) is 6.92 Å². The molecule has 4 saturated heterocycles. The van der Waals surface area contributed by atoms with Crippen LogP contribution in [0, 0.1) is 11.8 Å². The van der Waals surface area contributed by atoms with Gasteiger partial charge in [-0.05, 0) is 40.5 Å². The largest absolute Gasteiger partial charge is 0.466 e. The van der Waals surface area contributed by atoms with Crippen molar-refractivity contribution in [2.75, 3.05) is 19.8 Å². The fourth-order valence-corrected chi connectivity index (χ4v) is 4.69. The van der Waals surface area contributed by atoms with Gasteiger partial charge < -0.3 is 33.2 Å². The highest BCUT2D eigenvalue weighted by Gasteiger charge is 2.72. The van der Waals surface area contributed by atoms with Crippen molar-refractivity contribution in [3.8, 4) is 0 Å². The lowest BCUT2D eigenvalue weighted by atomic mass is 9.85. The molecule has 1 spiro atoms. The van der Waals surface area contributed by atoms with Gasteiger partial charge in [-0.25, -0.2) is 0 Å². The molecule has 27 heavy (non-hydrogen) atoms. The molecule has 4 aliphatic rings. The van der Waals surface area contributed by atoms with Crippen LogP contribution in [0.3, 0.4) is 0 Å². The Morgan fingerprint density at radius 2 is 1.70 bits per heavy atom. The zero-order valence-corrected chi connectivity index (χ0v) is 16.9. The van der Waals surface area contributed by atoms with Gasteiger partial charge in [0.2, 0.25) is 5.79 Å². The molecule has 7 atom stereocenters. The molecule has 8 heteroatoms. The maximum absolute atomic E-state index is 12.8. The Balaban J connectivity index is 1.67. The highest BCUT2D eigenvalue weighted by atomic mass is 16.8. The average molecular weight is 386 g/mol. The third-order valence-corrected chi connectivity index (χ3v) is 5.68. The molecule has 4 rings (SSSR count). The van der Waals surface area contributed by atoms with Crippen LogP contribution in [-0.2, 0) is 38.0 Å². The molecular weight excluding hydrogens is 356 g/mol. The number of fused-ring (bicyclic) bond motifs is 2. The van der Waals surface area contributed by atoms with Gasteiger partial charge in [0.1, 0.15) is 30.3 Å². The van der Waals surface area contributed by atoms with E-state index in [2.05, 4.69) is 0 Å². The third kappa shape index (κ3) is 3.10. The summed E-state index contributed by atoms with van der Waals surface area (Å²) in [6, 6.07) is 0. The topological polar surface area (TPSA) is 81.7 Å². The zero-order valence-electron chi connectivity index (χ0n) is 16.9. The van der Waals surface area contributed by atoms with E-state index in [0.717, 1.165) is 0 Å². The Morgan fingerprint density at radius 3 is 2.33 bits per heavy atom. The van der Waals surface area contributed by atoms with E-state index in [1.807, 2.05) is 34.6 Å². The van der Waals surface area contributed by atoms with Crippen molar-refractivity contribution < 1.29 is 38.0 Å². The number of carbonyl (C=O) groups excluding carboxylic acids is 1. The molecule has 4 fully saturated rings. The Labute approximate surface area is 159 Å². The predicted molar refractivity (Wildman–Crippen MR) is 91.6 cm³/mol. The van der Waals surface area contributed by atoms with Crippen LogP contribution >= 0.6 is 0 Å². The fraction of sp³-hybridized carbons (Fsp3) is 0.947. The molecule has 0 radical (unpaired) electrons. The van der Waals surface area contributed by atoms with Crippen molar-refractivity contribution in [3.63, 3.8) is 0 Å². The first kappa shape index (κ1) is 19.5. The number of rotatable bonds is 3. The monoisotopic (exact) mass is 386 g/mol. The van der Waals surface area contributed by atoms with E-state index >= 15 is 0 Å². The van der Waals surface area contributed by atoms with Crippen molar-refractivity contribution >= 4 is 5.97 Å². The van der Waals surface area contributed by atoms with E-state index in [4.69, 9.17) is 33.2 Å². The van der Waals surface area contributed by atoms with Gasteiger partial charge in [-0.15, -0.1) is 0 Å². The Hall–Kier alpha value is -0.770. The first-order valence-electron chi connectivity index (χ1n) is 9.74. The quantitative estimate of drug-likeness (QED) is 0.677.